The van der Waals surface area contributed by atoms with Crippen LogP contribution in [0.5, 0.6) is 5.75 Å². The molecule has 0 saturated carbocycles. The van der Waals surface area contributed by atoms with Gasteiger partial charge in [0.05, 0.1) is 7.11 Å². The van der Waals surface area contributed by atoms with Crippen LogP contribution in [0, 0.1) is 0 Å². The Labute approximate surface area is 93.0 Å². The second-order valence-electron chi connectivity index (χ2n) is 3.12. The van der Waals surface area contributed by atoms with Gasteiger partial charge in [0, 0.05) is 12.1 Å². The highest BCUT2D eigenvalue weighted by molar-refractivity contribution is 5.95. The molecule has 0 aliphatic heterocycles. The predicted molar refractivity (Wildman–Crippen MR) is 58.9 cm³/mol. The summed E-state index contributed by atoms with van der Waals surface area (Å²) in [6.07, 6.45) is 0.342. The summed E-state index contributed by atoms with van der Waals surface area (Å²) in [5, 5.41) is 11.5. The molecule has 0 saturated heterocycles. The zero-order valence-corrected chi connectivity index (χ0v) is 9.11. The minimum absolute atomic E-state index is 0.0244. The van der Waals surface area contributed by atoms with Gasteiger partial charge < -0.3 is 15.2 Å². The Balaban J connectivity index is 3.02. The lowest BCUT2D eigenvalue weighted by atomic mass is 10.1. The van der Waals surface area contributed by atoms with Crippen molar-refractivity contribution in [3.8, 4) is 5.75 Å². The lowest BCUT2D eigenvalue weighted by Crippen LogP contribution is -2.10. The molecule has 1 rings (SSSR count). The van der Waals surface area contributed by atoms with Crippen LogP contribution in [-0.4, -0.2) is 24.1 Å². The maximum atomic E-state index is 11.1. The minimum Gasteiger partial charge on any atom is -0.496 e. The third-order valence-electron chi connectivity index (χ3n) is 2.03. The molecule has 0 aromatic heterocycles. The van der Waals surface area contributed by atoms with Gasteiger partial charge >= 0.3 is 5.97 Å². The number of rotatable bonds is 4. The number of hydrogen-bond acceptors (Lipinski definition) is 3. The highest BCUT2D eigenvalue weighted by atomic mass is 16.5. The summed E-state index contributed by atoms with van der Waals surface area (Å²) in [7, 11) is 1.39. The van der Waals surface area contributed by atoms with Crippen LogP contribution in [0.25, 0.3) is 0 Å². The molecule has 16 heavy (non-hydrogen) atoms. The highest BCUT2D eigenvalue weighted by Gasteiger charge is 2.12. The van der Waals surface area contributed by atoms with Crippen molar-refractivity contribution in [2.24, 2.45) is 0 Å². The fourth-order valence-electron chi connectivity index (χ4n) is 1.20. The maximum Gasteiger partial charge on any atom is 0.339 e. The highest BCUT2D eigenvalue weighted by Crippen LogP contribution is 2.22. The van der Waals surface area contributed by atoms with E-state index in [1.165, 1.54) is 19.2 Å². The van der Waals surface area contributed by atoms with Gasteiger partial charge in [-0.25, -0.2) is 4.79 Å². The van der Waals surface area contributed by atoms with Gasteiger partial charge in [0.15, 0.2) is 0 Å². The Hall–Kier alpha value is -2.04. The van der Waals surface area contributed by atoms with Gasteiger partial charge in [0.2, 0.25) is 5.91 Å². The Kier molecular flexibility index (Phi) is 3.88. The molecule has 86 valence electrons. The largest absolute Gasteiger partial charge is 0.496 e. The van der Waals surface area contributed by atoms with Gasteiger partial charge in [-0.15, -0.1) is 0 Å². The quantitative estimate of drug-likeness (QED) is 0.815. The van der Waals surface area contributed by atoms with Crippen LogP contribution >= 0.6 is 0 Å². The number of carboxylic acid groups (broad SMARTS) is 1. The van der Waals surface area contributed by atoms with Crippen LogP contribution in [0.15, 0.2) is 18.2 Å². The number of benzene rings is 1. The SMILES string of the molecule is CCC(=O)Nc1ccc(OC)c(C(=O)O)c1. The summed E-state index contributed by atoms with van der Waals surface area (Å²) in [5.74, 6) is -0.993. The summed E-state index contributed by atoms with van der Waals surface area (Å²) in [5.41, 5.74) is 0.474. The van der Waals surface area contributed by atoms with E-state index in [2.05, 4.69) is 5.32 Å². The van der Waals surface area contributed by atoms with Gasteiger partial charge in [-0.2, -0.15) is 0 Å². The number of amides is 1. The third kappa shape index (κ3) is 2.73. The second-order valence-corrected chi connectivity index (χ2v) is 3.12. The number of nitrogens with one attached hydrogen (secondary N) is 1. The van der Waals surface area contributed by atoms with Crippen LogP contribution in [-0.2, 0) is 4.79 Å². The molecule has 0 radical (unpaired) electrons. The van der Waals surface area contributed by atoms with Gasteiger partial charge in [0.25, 0.3) is 0 Å². The summed E-state index contributed by atoms with van der Waals surface area (Å²) >= 11 is 0. The van der Waals surface area contributed by atoms with Crippen molar-refractivity contribution < 1.29 is 19.4 Å². The van der Waals surface area contributed by atoms with E-state index in [9.17, 15) is 9.59 Å². The first kappa shape index (κ1) is 12.0. The molecule has 0 bridgehead atoms. The van der Waals surface area contributed by atoms with Crippen molar-refractivity contribution in [1.29, 1.82) is 0 Å². The average molecular weight is 223 g/mol. The molecular formula is C11H13NO4. The number of aromatic carboxylic acids is 1. The van der Waals surface area contributed by atoms with Crippen molar-refractivity contribution in [2.75, 3.05) is 12.4 Å². The fourth-order valence-corrected chi connectivity index (χ4v) is 1.20. The van der Waals surface area contributed by atoms with E-state index in [1.807, 2.05) is 0 Å². The van der Waals surface area contributed by atoms with Crippen molar-refractivity contribution >= 4 is 17.6 Å². The van der Waals surface area contributed by atoms with E-state index in [4.69, 9.17) is 9.84 Å². The minimum atomic E-state index is -1.09. The number of hydrogen-bond donors (Lipinski definition) is 2. The van der Waals surface area contributed by atoms with Crippen molar-refractivity contribution in [2.45, 2.75) is 13.3 Å². The van der Waals surface area contributed by atoms with Crippen LogP contribution < -0.4 is 10.1 Å². The molecule has 1 aromatic rings. The normalized spacial score (nSPS) is 9.62. The number of carbonyl (C=O) groups excluding carboxylic acids is 1. The molecule has 0 atom stereocenters. The van der Waals surface area contributed by atoms with E-state index >= 15 is 0 Å². The first-order valence-electron chi connectivity index (χ1n) is 4.79. The predicted octanol–water partition coefficient (Wildman–Crippen LogP) is 1.74. The second kappa shape index (κ2) is 5.16. The van der Waals surface area contributed by atoms with E-state index in [0.29, 0.717) is 12.1 Å². The Morgan fingerprint density at radius 1 is 1.44 bits per heavy atom. The molecule has 0 fully saturated rings. The first-order chi connectivity index (χ1) is 7.58. The molecule has 0 aliphatic rings. The fraction of sp³-hybridized carbons (Fsp3) is 0.273. The first-order valence-corrected chi connectivity index (χ1v) is 4.79. The number of methoxy groups -OCH3 is 1. The van der Waals surface area contributed by atoms with E-state index in [1.54, 1.807) is 13.0 Å². The molecule has 5 heteroatoms. The van der Waals surface area contributed by atoms with E-state index in [-0.39, 0.29) is 17.2 Å². The van der Waals surface area contributed by atoms with Crippen molar-refractivity contribution in [1.82, 2.24) is 0 Å². The zero-order chi connectivity index (χ0) is 12.1. The summed E-state index contributed by atoms with van der Waals surface area (Å²) in [6.45, 7) is 1.72. The van der Waals surface area contributed by atoms with Crippen LogP contribution in [0.2, 0.25) is 0 Å². The van der Waals surface area contributed by atoms with Crippen molar-refractivity contribution in [3.05, 3.63) is 23.8 Å². The Morgan fingerprint density at radius 2 is 2.12 bits per heavy atom. The third-order valence-corrected chi connectivity index (χ3v) is 2.03. The topological polar surface area (TPSA) is 75.6 Å². The molecule has 5 nitrogen and oxygen atoms in total. The Bertz CT molecular complexity index is 414. The summed E-state index contributed by atoms with van der Waals surface area (Å²) in [6, 6.07) is 4.47. The molecule has 0 heterocycles. The number of ether oxygens (including phenoxy) is 1. The number of anilines is 1. The van der Waals surface area contributed by atoms with Gasteiger partial charge in [-0.1, -0.05) is 6.92 Å². The summed E-state index contributed by atoms with van der Waals surface area (Å²) in [4.78, 5) is 22.0. The van der Waals surface area contributed by atoms with Crippen molar-refractivity contribution in [3.63, 3.8) is 0 Å². The molecule has 0 aliphatic carbocycles. The maximum absolute atomic E-state index is 11.1. The van der Waals surface area contributed by atoms with Crippen LogP contribution in [0.3, 0.4) is 0 Å². The smallest absolute Gasteiger partial charge is 0.339 e. The van der Waals surface area contributed by atoms with Crippen LogP contribution in [0.1, 0.15) is 23.7 Å². The van der Waals surface area contributed by atoms with E-state index in [0.717, 1.165) is 0 Å². The zero-order valence-electron chi connectivity index (χ0n) is 9.11. The lowest BCUT2D eigenvalue weighted by Gasteiger charge is -2.08. The summed E-state index contributed by atoms with van der Waals surface area (Å²) < 4.78 is 4.90. The van der Waals surface area contributed by atoms with Crippen LogP contribution in [0.4, 0.5) is 5.69 Å². The van der Waals surface area contributed by atoms with E-state index < -0.39 is 5.97 Å². The number of carboxylic acids is 1. The standard InChI is InChI=1S/C11H13NO4/c1-3-10(13)12-7-4-5-9(16-2)8(6-7)11(14)15/h4-6H,3H2,1-2H3,(H,12,13)(H,14,15). The van der Waals surface area contributed by atoms with Gasteiger partial charge in [-0.05, 0) is 18.2 Å². The number of carbonyl (C=O) groups is 2. The average Bonchev–Trinajstić information content (AvgIpc) is 2.28. The molecule has 0 spiro atoms. The molecule has 1 aromatic carbocycles. The molecule has 1 amide bonds. The van der Waals surface area contributed by atoms with Gasteiger partial charge in [-0.3, -0.25) is 4.79 Å². The van der Waals surface area contributed by atoms with Gasteiger partial charge in [0.1, 0.15) is 11.3 Å². The molecule has 2 N–H and O–H groups in total. The molecule has 0 unspecified atom stereocenters. The Morgan fingerprint density at radius 3 is 2.62 bits per heavy atom. The monoisotopic (exact) mass is 223 g/mol. The lowest BCUT2D eigenvalue weighted by molar-refractivity contribution is -0.115. The molecular weight excluding hydrogens is 210 g/mol.